The lowest BCUT2D eigenvalue weighted by molar-refractivity contribution is -0.188. The Morgan fingerprint density at radius 2 is 1.96 bits per heavy atom. The standard InChI is InChI=1S/C25H32O3/c1-23-13-5-4-6-18(23)8-9-21-20(23)11-14-24(2)19(12-15-25(21,24)27-3)17-7-10-22(26)28-16-17/h4,6-8,10,16,19-21H,5,9,11-15H2,1-3H3. The van der Waals surface area contributed by atoms with Gasteiger partial charge in [-0.2, -0.15) is 0 Å². The molecule has 1 aromatic heterocycles. The molecular formula is C25H32O3. The van der Waals surface area contributed by atoms with Crippen molar-refractivity contribution in [2.75, 3.05) is 7.11 Å². The lowest BCUT2D eigenvalue weighted by Gasteiger charge is -2.61. The van der Waals surface area contributed by atoms with Crippen LogP contribution in [0.3, 0.4) is 0 Å². The van der Waals surface area contributed by atoms with Crippen LogP contribution in [0.25, 0.3) is 0 Å². The summed E-state index contributed by atoms with van der Waals surface area (Å²) < 4.78 is 11.8. The van der Waals surface area contributed by atoms with E-state index in [1.54, 1.807) is 17.9 Å². The number of ether oxygens (including phenoxy) is 1. The minimum atomic E-state index is -0.267. The zero-order chi connectivity index (χ0) is 19.6. The molecule has 0 aromatic carbocycles. The molecule has 2 saturated carbocycles. The molecule has 28 heavy (non-hydrogen) atoms. The van der Waals surface area contributed by atoms with Crippen LogP contribution >= 0.6 is 0 Å². The van der Waals surface area contributed by atoms with Crippen LogP contribution in [0.2, 0.25) is 0 Å². The Morgan fingerprint density at radius 3 is 2.71 bits per heavy atom. The Kier molecular flexibility index (Phi) is 4.07. The molecule has 0 spiro atoms. The van der Waals surface area contributed by atoms with E-state index >= 15 is 0 Å². The quantitative estimate of drug-likeness (QED) is 0.668. The average molecular weight is 381 g/mol. The number of allylic oxidation sites excluding steroid dienone is 4. The number of rotatable bonds is 2. The van der Waals surface area contributed by atoms with Gasteiger partial charge in [0.05, 0.1) is 11.9 Å². The van der Waals surface area contributed by atoms with E-state index in [2.05, 4.69) is 32.1 Å². The summed E-state index contributed by atoms with van der Waals surface area (Å²) in [5.74, 6) is 1.65. The smallest absolute Gasteiger partial charge is 0.335 e. The van der Waals surface area contributed by atoms with Gasteiger partial charge in [-0.05, 0) is 85.3 Å². The maximum atomic E-state index is 11.5. The highest BCUT2D eigenvalue weighted by Gasteiger charge is 2.67. The van der Waals surface area contributed by atoms with Gasteiger partial charge < -0.3 is 9.15 Å². The topological polar surface area (TPSA) is 39.4 Å². The average Bonchev–Trinajstić information content (AvgIpc) is 3.01. The molecule has 1 heterocycles. The van der Waals surface area contributed by atoms with Crippen molar-refractivity contribution in [3.8, 4) is 0 Å². The molecule has 4 aliphatic carbocycles. The fourth-order valence-electron chi connectivity index (χ4n) is 7.82. The van der Waals surface area contributed by atoms with Gasteiger partial charge in [-0.1, -0.05) is 32.1 Å². The largest absolute Gasteiger partial charge is 0.431 e. The van der Waals surface area contributed by atoms with Crippen molar-refractivity contribution in [1.29, 1.82) is 0 Å². The molecule has 0 saturated heterocycles. The molecular weight excluding hydrogens is 348 g/mol. The highest BCUT2D eigenvalue weighted by atomic mass is 16.5. The zero-order valence-corrected chi connectivity index (χ0v) is 17.4. The van der Waals surface area contributed by atoms with E-state index in [0.717, 1.165) is 19.3 Å². The van der Waals surface area contributed by atoms with Crippen molar-refractivity contribution in [2.24, 2.45) is 22.7 Å². The van der Waals surface area contributed by atoms with Gasteiger partial charge in [0.15, 0.2) is 0 Å². The third-order valence-corrected chi connectivity index (χ3v) is 9.29. The van der Waals surface area contributed by atoms with Crippen molar-refractivity contribution in [3.63, 3.8) is 0 Å². The zero-order valence-electron chi connectivity index (χ0n) is 17.4. The maximum Gasteiger partial charge on any atom is 0.335 e. The van der Waals surface area contributed by atoms with Gasteiger partial charge in [-0.15, -0.1) is 0 Å². The van der Waals surface area contributed by atoms with Crippen LogP contribution in [0.1, 0.15) is 70.3 Å². The number of fused-ring (bicyclic) bond motifs is 5. The second-order valence-electron chi connectivity index (χ2n) is 10.00. The lowest BCUT2D eigenvalue weighted by Crippen LogP contribution is -2.60. The molecule has 6 unspecified atom stereocenters. The van der Waals surface area contributed by atoms with Gasteiger partial charge in [0.25, 0.3) is 0 Å². The van der Waals surface area contributed by atoms with Gasteiger partial charge in [0.2, 0.25) is 0 Å². The summed E-state index contributed by atoms with van der Waals surface area (Å²) >= 11 is 0. The summed E-state index contributed by atoms with van der Waals surface area (Å²) in [6.45, 7) is 4.95. The van der Waals surface area contributed by atoms with Crippen molar-refractivity contribution in [3.05, 3.63) is 58.2 Å². The second kappa shape index (κ2) is 6.19. The molecule has 0 radical (unpaired) electrons. The monoisotopic (exact) mass is 380 g/mol. The summed E-state index contributed by atoms with van der Waals surface area (Å²) in [5.41, 5.74) is 2.74. The van der Waals surface area contributed by atoms with E-state index in [4.69, 9.17) is 9.15 Å². The van der Waals surface area contributed by atoms with E-state index in [1.807, 2.05) is 13.2 Å². The summed E-state index contributed by atoms with van der Waals surface area (Å²) in [7, 11) is 1.94. The highest BCUT2D eigenvalue weighted by Crippen LogP contribution is 2.70. The normalized spacial score (nSPS) is 44.4. The Morgan fingerprint density at radius 1 is 1.11 bits per heavy atom. The molecule has 0 aliphatic heterocycles. The van der Waals surface area contributed by atoms with Gasteiger partial charge in [0.1, 0.15) is 0 Å². The van der Waals surface area contributed by atoms with Crippen LogP contribution < -0.4 is 5.63 Å². The van der Waals surface area contributed by atoms with Crippen molar-refractivity contribution in [1.82, 2.24) is 0 Å². The highest BCUT2D eigenvalue weighted by molar-refractivity contribution is 5.36. The third-order valence-electron chi connectivity index (χ3n) is 9.29. The number of hydrogen-bond donors (Lipinski definition) is 0. The minimum absolute atomic E-state index is 0.0784. The fourth-order valence-corrected chi connectivity index (χ4v) is 7.82. The van der Waals surface area contributed by atoms with Gasteiger partial charge >= 0.3 is 5.63 Å². The maximum absolute atomic E-state index is 11.5. The van der Waals surface area contributed by atoms with E-state index in [-0.39, 0.29) is 16.6 Å². The lowest BCUT2D eigenvalue weighted by atomic mass is 9.46. The van der Waals surface area contributed by atoms with E-state index in [9.17, 15) is 4.79 Å². The Balaban J connectivity index is 1.57. The Hall–Kier alpha value is -1.61. The van der Waals surface area contributed by atoms with Crippen LogP contribution in [0.4, 0.5) is 0 Å². The van der Waals surface area contributed by atoms with Crippen molar-refractivity contribution in [2.45, 2.75) is 70.3 Å². The number of hydrogen-bond acceptors (Lipinski definition) is 3. The number of methoxy groups -OCH3 is 1. The van der Waals surface area contributed by atoms with Crippen molar-refractivity contribution < 1.29 is 9.15 Å². The predicted octanol–water partition coefficient (Wildman–Crippen LogP) is 5.62. The van der Waals surface area contributed by atoms with Crippen LogP contribution in [-0.2, 0) is 4.74 Å². The molecule has 0 N–H and O–H groups in total. The predicted molar refractivity (Wildman–Crippen MR) is 110 cm³/mol. The first-order chi connectivity index (χ1) is 13.4. The Bertz CT molecular complexity index is 875. The molecule has 2 fully saturated rings. The van der Waals surface area contributed by atoms with Gasteiger partial charge in [-0.3, -0.25) is 0 Å². The first-order valence-corrected chi connectivity index (χ1v) is 11.0. The van der Waals surface area contributed by atoms with Crippen LogP contribution in [0.15, 0.2) is 51.4 Å². The molecule has 3 nitrogen and oxygen atoms in total. The first-order valence-electron chi connectivity index (χ1n) is 11.0. The van der Waals surface area contributed by atoms with Crippen LogP contribution in [-0.4, -0.2) is 12.7 Å². The molecule has 150 valence electrons. The molecule has 4 aliphatic rings. The summed E-state index contributed by atoms with van der Waals surface area (Å²) in [5, 5.41) is 0. The molecule has 1 aromatic rings. The van der Waals surface area contributed by atoms with E-state index < -0.39 is 0 Å². The third kappa shape index (κ3) is 2.23. The molecule has 0 amide bonds. The first kappa shape index (κ1) is 18.4. The van der Waals surface area contributed by atoms with Crippen molar-refractivity contribution >= 4 is 0 Å². The Labute approximate surface area is 167 Å². The summed E-state index contributed by atoms with van der Waals surface area (Å²) in [4.78, 5) is 11.5. The fraction of sp³-hybridized carbons (Fsp3) is 0.640. The molecule has 6 atom stereocenters. The molecule has 3 heteroatoms. The summed E-state index contributed by atoms with van der Waals surface area (Å²) in [6.07, 6.45) is 17.2. The van der Waals surface area contributed by atoms with E-state index in [0.29, 0.717) is 23.2 Å². The second-order valence-corrected chi connectivity index (χ2v) is 10.00. The van der Waals surface area contributed by atoms with Gasteiger partial charge in [0, 0.05) is 18.6 Å². The minimum Gasteiger partial charge on any atom is -0.431 e. The molecule has 5 rings (SSSR count). The van der Waals surface area contributed by atoms with Crippen LogP contribution in [0.5, 0.6) is 0 Å². The van der Waals surface area contributed by atoms with Gasteiger partial charge in [-0.25, -0.2) is 4.79 Å². The summed E-state index contributed by atoms with van der Waals surface area (Å²) in [6, 6.07) is 3.55. The van der Waals surface area contributed by atoms with Crippen LogP contribution in [0, 0.1) is 22.7 Å². The molecule has 0 bridgehead atoms. The SMILES string of the molecule is COC12CCC(c3ccc(=O)oc3)C1(C)CCC1C2CC=C2C=CCCC21C. The van der Waals surface area contributed by atoms with E-state index in [1.165, 1.54) is 31.2 Å².